The molecule has 0 saturated heterocycles. The van der Waals surface area contributed by atoms with E-state index >= 15 is 0 Å². The molecule has 0 spiro atoms. The number of hydrogen-bond acceptors (Lipinski definition) is 2. The molecule has 3 heteroatoms. The number of aryl methyl sites for hydroxylation is 1. The van der Waals surface area contributed by atoms with Gasteiger partial charge in [-0.1, -0.05) is 37.0 Å². The van der Waals surface area contributed by atoms with Crippen LogP contribution in [0.2, 0.25) is 0 Å². The molecule has 1 aromatic rings. The molecule has 0 aromatic heterocycles. The zero-order valence-electron chi connectivity index (χ0n) is 10.2. The van der Waals surface area contributed by atoms with Gasteiger partial charge in [0.25, 0.3) is 5.24 Å². The SMILES string of the molecule is Cc1ccc(SC(=O)NC2CCCCC2)cc1. The van der Waals surface area contributed by atoms with Crippen LogP contribution in [0.5, 0.6) is 0 Å². The lowest BCUT2D eigenvalue weighted by atomic mass is 9.96. The van der Waals surface area contributed by atoms with Crippen molar-refractivity contribution in [1.29, 1.82) is 0 Å². The van der Waals surface area contributed by atoms with Gasteiger partial charge in [-0.15, -0.1) is 0 Å². The predicted molar refractivity (Wildman–Crippen MR) is 72.4 cm³/mol. The highest BCUT2D eigenvalue weighted by Crippen LogP contribution is 2.22. The second-order valence-corrected chi connectivity index (χ2v) is 5.73. The number of carbonyl (C=O) groups is 1. The fourth-order valence-electron chi connectivity index (χ4n) is 2.16. The summed E-state index contributed by atoms with van der Waals surface area (Å²) in [7, 11) is 0. The van der Waals surface area contributed by atoms with Gasteiger partial charge in [0.1, 0.15) is 0 Å². The van der Waals surface area contributed by atoms with Gasteiger partial charge in [-0.3, -0.25) is 4.79 Å². The highest BCUT2D eigenvalue weighted by atomic mass is 32.2. The summed E-state index contributed by atoms with van der Waals surface area (Å²) in [6.45, 7) is 2.05. The van der Waals surface area contributed by atoms with Crippen LogP contribution in [0.3, 0.4) is 0 Å². The van der Waals surface area contributed by atoms with Gasteiger partial charge in [-0.2, -0.15) is 0 Å². The standard InChI is InChI=1S/C14H19NOS/c1-11-7-9-13(10-8-11)17-14(16)15-12-5-3-2-4-6-12/h7-10,12H,2-6H2,1H3,(H,15,16). The molecule has 1 amide bonds. The summed E-state index contributed by atoms with van der Waals surface area (Å²) in [6, 6.07) is 8.47. The Labute approximate surface area is 107 Å². The molecule has 1 aromatic carbocycles. The topological polar surface area (TPSA) is 29.1 Å². The Morgan fingerprint density at radius 2 is 1.82 bits per heavy atom. The van der Waals surface area contributed by atoms with Crippen molar-refractivity contribution in [3.05, 3.63) is 29.8 Å². The van der Waals surface area contributed by atoms with Gasteiger partial charge in [0.05, 0.1) is 0 Å². The fraction of sp³-hybridized carbons (Fsp3) is 0.500. The van der Waals surface area contributed by atoms with E-state index in [1.807, 2.05) is 24.3 Å². The number of nitrogens with one attached hydrogen (secondary N) is 1. The van der Waals surface area contributed by atoms with Crippen molar-refractivity contribution < 1.29 is 4.79 Å². The Balaban J connectivity index is 1.82. The molecule has 0 atom stereocenters. The van der Waals surface area contributed by atoms with E-state index in [0.717, 1.165) is 17.7 Å². The summed E-state index contributed by atoms with van der Waals surface area (Å²) in [4.78, 5) is 12.8. The molecule has 2 rings (SSSR count). The minimum atomic E-state index is 0.0840. The predicted octanol–water partition coefficient (Wildman–Crippen LogP) is 4.13. The largest absolute Gasteiger partial charge is 0.344 e. The van der Waals surface area contributed by atoms with Crippen LogP contribution >= 0.6 is 11.8 Å². The van der Waals surface area contributed by atoms with Gasteiger partial charge in [-0.25, -0.2) is 0 Å². The fourth-order valence-corrected chi connectivity index (χ4v) is 2.87. The van der Waals surface area contributed by atoms with E-state index in [0.29, 0.717) is 6.04 Å². The molecule has 1 saturated carbocycles. The maximum absolute atomic E-state index is 11.8. The third kappa shape index (κ3) is 4.08. The normalized spacial score (nSPS) is 16.8. The van der Waals surface area contributed by atoms with Crippen LogP contribution in [0.4, 0.5) is 4.79 Å². The lowest BCUT2D eigenvalue weighted by Crippen LogP contribution is -2.33. The van der Waals surface area contributed by atoms with E-state index in [9.17, 15) is 4.79 Å². The monoisotopic (exact) mass is 249 g/mol. The first-order valence-electron chi connectivity index (χ1n) is 6.29. The molecule has 0 aliphatic heterocycles. The summed E-state index contributed by atoms with van der Waals surface area (Å²) in [5, 5.41) is 3.19. The van der Waals surface area contributed by atoms with Crippen LogP contribution in [0.25, 0.3) is 0 Å². The number of amides is 1. The zero-order valence-corrected chi connectivity index (χ0v) is 11.1. The summed E-state index contributed by atoms with van der Waals surface area (Å²) >= 11 is 1.30. The minimum absolute atomic E-state index is 0.0840. The molecular formula is C14H19NOS. The molecule has 92 valence electrons. The summed E-state index contributed by atoms with van der Waals surface area (Å²) in [5.74, 6) is 0. The molecule has 0 unspecified atom stereocenters. The molecule has 0 radical (unpaired) electrons. The Hall–Kier alpha value is -0.960. The first-order valence-corrected chi connectivity index (χ1v) is 7.11. The van der Waals surface area contributed by atoms with E-state index in [1.54, 1.807) is 0 Å². The van der Waals surface area contributed by atoms with Crippen molar-refractivity contribution in [2.75, 3.05) is 0 Å². The minimum Gasteiger partial charge on any atom is -0.344 e. The van der Waals surface area contributed by atoms with Gasteiger partial charge in [0.2, 0.25) is 0 Å². The molecule has 1 aliphatic rings. The van der Waals surface area contributed by atoms with Crippen molar-refractivity contribution in [1.82, 2.24) is 5.32 Å². The average Bonchev–Trinajstić information content (AvgIpc) is 2.33. The van der Waals surface area contributed by atoms with Crippen molar-refractivity contribution in [2.45, 2.75) is 50.0 Å². The third-order valence-electron chi connectivity index (χ3n) is 3.16. The lowest BCUT2D eigenvalue weighted by Gasteiger charge is -2.22. The van der Waals surface area contributed by atoms with E-state index < -0.39 is 0 Å². The van der Waals surface area contributed by atoms with Crippen LogP contribution in [-0.2, 0) is 0 Å². The van der Waals surface area contributed by atoms with Crippen LogP contribution in [0.15, 0.2) is 29.2 Å². The van der Waals surface area contributed by atoms with E-state index in [4.69, 9.17) is 0 Å². The van der Waals surface area contributed by atoms with E-state index in [-0.39, 0.29) is 5.24 Å². The smallest absolute Gasteiger partial charge is 0.284 e. The summed E-state index contributed by atoms with van der Waals surface area (Å²) in [6.07, 6.45) is 6.10. The number of thioether (sulfide) groups is 1. The zero-order chi connectivity index (χ0) is 12.1. The molecule has 1 aliphatic carbocycles. The summed E-state index contributed by atoms with van der Waals surface area (Å²) in [5.41, 5.74) is 1.22. The van der Waals surface area contributed by atoms with Crippen molar-refractivity contribution in [3.8, 4) is 0 Å². The number of rotatable bonds is 2. The Morgan fingerprint density at radius 1 is 1.18 bits per heavy atom. The Bertz CT molecular complexity index is 368. The third-order valence-corrected chi connectivity index (χ3v) is 3.97. The highest BCUT2D eigenvalue weighted by molar-refractivity contribution is 8.13. The number of hydrogen-bond donors (Lipinski definition) is 1. The van der Waals surface area contributed by atoms with Gasteiger partial charge in [-0.05, 0) is 43.7 Å². The molecule has 1 fully saturated rings. The van der Waals surface area contributed by atoms with Gasteiger partial charge in [0, 0.05) is 10.9 Å². The molecule has 17 heavy (non-hydrogen) atoms. The maximum atomic E-state index is 11.8. The molecule has 0 heterocycles. The first-order chi connectivity index (χ1) is 8.24. The van der Waals surface area contributed by atoms with E-state index in [2.05, 4.69) is 12.2 Å². The van der Waals surface area contributed by atoms with Crippen LogP contribution in [-0.4, -0.2) is 11.3 Å². The van der Waals surface area contributed by atoms with Crippen LogP contribution in [0.1, 0.15) is 37.7 Å². The van der Waals surface area contributed by atoms with Crippen molar-refractivity contribution >= 4 is 17.0 Å². The van der Waals surface area contributed by atoms with Crippen LogP contribution in [0, 0.1) is 6.92 Å². The maximum Gasteiger partial charge on any atom is 0.284 e. The Kier molecular flexibility index (Phi) is 4.49. The van der Waals surface area contributed by atoms with Gasteiger partial charge in [0.15, 0.2) is 0 Å². The second kappa shape index (κ2) is 6.10. The first kappa shape index (κ1) is 12.5. The Morgan fingerprint density at radius 3 is 2.47 bits per heavy atom. The summed E-state index contributed by atoms with van der Waals surface area (Å²) < 4.78 is 0. The van der Waals surface area contributed by atoms with Crippen molar-refractivity contribution in [2.24, 2.45) is 0 Å². The number of carbonyl (C=O) groups excluding carboxylic acids is 1. The van der Waals surface area contributed by atoms with E-state index in [1.165, 1.54) is 36.6 Å². The quantitative estimate of drug-likeness (QED) is 0.798. The van der Waals surface area contributed by atoms with Crippen molar-refractivity contribution in [3.63, 3.8) is 0 Å². The average molecular weight is 249 g/mol. The molecule has 2 nitrogen and oxygen atoms in total. The molecule has 1 N–H and O–H groups in total. The second-order valence-electron chi connectivity index (χ2n) is 4.68. The lowest BCUT2D eigenvalue weighted by molar-refractivity contribution is 0.253. The van der Waals surface area contributed by atoms with Crippen LogP contribution < -0.4 is 5.32 Å². The van der Waals surface area contributed by atoms with Gasteiger partial charge < -0.3 is 5.32 Å². The number of benzene rings is 1. The molecule has 0 bridgehead atoms. The molecular weight excluding hydrogens is 230 g/mol. The van der Waals surface area contributed by atoms with Gasteiger partial charge >= 0.3 is 0 Å². The highest BCUT2D eigenvalue weighted by Gasteiger charge is 2.15.